The van der Waals surface area contributed by atoms with Crippen molar-refractivity contribution >= 4 is 0 Å². The molecule has 13 heavy (non-hydrogen) atoms. The molecule has 1 saturated carbocycles. The van der Waals surface area contributed by atoms with Crippen LogP contribution >= 0.6 is 0 Å². The predicted octanol–water partition coefficient (Wildman–Crippen LogP) is 3.55. The number of ether oxygens (including phenoxy) is 1. The summed E-state index contributed by atoms with van der Waals surface area (Å²) in [6.07, 6.45) is 11.6. The molecule has 0 spiro atoms. The quantitative estimate of drug-likeness (QED) is 0.604. The lowest BCUT2D eigenvalue weighted by Gasteiger charge is -2.27. The van der Waals surface area contributed by atoms with Gasteiger partial charge in [0, 0.05) is 0 Å². The van der Waals surface area contributed by atoms with Gasteiger partial charge in [0.25, 0.3) is 0 Å². The summed E-state index contributed by atoms with van der Waals surface area (Å²) >= 11 is 0. The van der Waals surface area contributed by atoms with Gasteiger partial charge < -0.3 is 4.74 Å². The van der Waals surface area contributed by atoms with E-state index in [2.05, 4.69) is 13.0 Å². The van der Waals surface area contributed by atoms with Gasteiger partial charge in [-0.05, 0) is 32.6 Å². The molecule has 0 aliphatic heterocycles. The molecular formula is C12H22O. The molecule has 1 nitrogen and oxygen atoms in total. The third-order valence-electron chi connectivity index (χ3n) is 3.00. The summed E-state index contributed by atoms with van der Waals surface area (Å²) in [6.45, 7) is 5.04. The number of rotatable bonds is 4. The minimum absolute atomic E-state index is 0.455. The van der Waals surface area contributed by atoms with Gasteiger partial charge in [-0.1, -0.05) is 31.4 Å². The molecule has 0 aromatic carbocycles. The Kier molecular flexibility index (Phi) is 5.14. The fraction of sp³-hybridized carbons (Fsp3) is 0.833. The lowest BCUT2D eigenvalue weighted by atomic mass is 9.86. The van der Waals surface area contributed by atoms with Crippen LogP contribution in [0.25, 0.3) is 0 Å². The van der Waals surface area contributed by atoms with Crippen molar-refractivity contribution < 1.29 is 4.74 Å². The minimum atomic E-state index is 0.455. The standard InChI is InChI=1S/C12H22O/c1-3-4-10-13-11(2)12-8-6-5-7-9-12/h3-4,11-12H,5-10H2,1-2H3. The van der Waals surface area contributed by atoms with Gasteiger partial charge >= 0.3 is 0 Å². The summed E-state index contributed by atoms with van der Waals surface area (Å²) in [5.74, 6) is 0.819. The maximum atomic E-state index is 5.74. The van der Waals surface area contributed by atoms with E-state index in [1.54, 1.807) is 0 Å². The molecule has 0 aromatic rings. The second kappa shape index (κ2) is 6.20. The Morgan fingerprint density at radius 3 is 2.62 bits per heavy atom. The third-order valence-corrected chi connectivity index (χ3v) is 3.00. The predicted molar refractivity (Wildman–Crippen MR) is 56.8 cm³/mol. The van der Waals surface area contributed by atoms with Crippen molar-refractivity contribution in [2.75, 3.05) is 6.61 Å². The smallest absolute Gasteiger partial charge is 0.0651 e. The molecule has 0 bridgehead atoms. The molecule has 76 valence electrons. The maximum Gasteiger partial charge on any atom is 0.0651 e. The van der Waals surface area contributed by atoms with E-state index in [-0.39, 0.29) is 0 Å². The van der Waals surface area contributed by atoms with Gasteiger partial charge in [0.2, 0.25) is 0 Å². The van der Waals surface area contributed by atoms with Crippen molar-refractivity contribution in [2.45, 2.75) is 52.1 Å². The van der Waals surface area contributed by atoms with E-state index < -0.39 is 0 Å². The molecule has 1 atom stereocenters. The highest BCUT2D eigenvalue weighted by Gasteiger charge is 2.19. The zero-order chi connectivity index (χ0) is 9.52. The van der Waals surface area contributed by atoms with Crippen molar-refractivity contribution in [3.63, 3.8) is 0 Å². The van der Waals surface area contributed by atoms with E-state index >= 15 is 0 Å². The van der Waals surface area contributed by atoms with Crippen LogP contribution in [0.1, 0.15) is 46.0 Å². The van der Waals surface area contributed by atoms with E-state index in [9.17, 15) is 0 Å². The molecule has 1 fully saturated rings. The van der Waals surface area contributed by atoms with Gasteiger partial charge in [0.15, 0.2) is 0 Å². The second-order valence-electron chi connectivity index (χ2n) is 4.01. The molecule has 1 unspecified atom stereocenters. The first-order chi connectivity index (χ1) is 6.34. The Labute approximate surface area is 82.2 Å². The molecule has 1 heteroatoms. The zero-order valence-corrected chi connectivity index (χ0v) is 8.96. The van der Waals surface area contributed by atoms with Gasteiger partial charge in [-0.2, -0.15) is 0 Å². The molecular weight excluding hydrogens is 160 g/mol. The van der Waals surface area contributed by atoms with Gasteiger partial charge in [-0.15, -0.1) is 0 Å². The molecule has 0 amide bonds. The monoisotopic (exact) mass is 182 g/mol. The van der Waals surface area contributed by atoms with E-state index in [1.165, 1.54) is 32.1 Å². The normalized spacial score (nSPS) is 22.3. The summed E-state index contributed by atoms with van der Waals surface area (Å²) in [5, 5.41) is 0. The van der Waals surface area contributed by atoms with Crippen LogP contribution in [0.15, 0.2) is 12.2 Å². The van der Waals surface area contributed by atoms with Crippen LogP contribution in [0.4, 0.5) is 0 Å². The molecule has 0 heterocycles. The summed E-state index contributed by atoms with van der Waals surface area (Å²) in [7, 11) is 0. The summed E-state index contributed by atoms with van der Waals surface area (Å²) in [6, 6.07) is 0. The topological polar surface area (TPSA) is 9.23 Å². The van der Waals surface area contributed by atoms with E-state index in [0.717, 1.165) is 12.5 Å². The largest absolute Gasteiger partial charge is 0.374 e. The minimum Gasteiger partial charge on any atom is -0.374 e. The second-order valence-corrected chi connectivity index (χ2v) is 4.01. The first-order valence-electron chi connectivity index (χ1n) is 5.57. The Balaban J connectivity index is 2.16. The molecule has 1 rings (SSSR count). The van der Waals surface area contributed by atoms with Gasteiger partial charge in [0.05, 0.1) is 12.7 Å². The lowest BCUT2D eigenvalue weighted by Crippen LogP contribution is -2.23. The molecule has 0 saturated heterocycles. The van der Waals surface area contributed by atoms with Crippen LogP contribution in [0.5, 0.6) is 0 Å². The van der Waals surface area contributed by atoms with Crippen molar-refractivity contribution in [3.8, 4) is 0 Å². The molecule has 0 radical (unpaired) electrons. The van der Waals surface area contributed by atoms with Gasteiger partial charge in [0.1, 0.15) is 0 Å². The van der Waals surface area contributed by atoms with Crippen molar-refractivity contribution in [2.24, 2.45) is 5.92 Å². The van der Waals surface area contributed by atoms with Crippen LogP contribution in [-0.4, -0.2) is 12.7 Å². The molecule has 0 aromatic heterocycles. The average molecular weight is 182 g/mol. The summed E-state index contributed by atoms with van der Waals surface area (Å²) in [5.41, 5.74) is 0. The SMILES string of the molecule is CC=CCOC(C)C1CCCCC1. The highest BCUT2D eigenvalue weighted by atomic mass is 16.5. The Morgan fingerprint density at radius 1 is 1.31 bits per heavy atom. The number of hydrogen-bond acceptors (Lipinski definition) is 1. The fourth-order valence-corrected chi connectivity index (χ4v) is 2.04. The van der Waals surface area contributed by atoms with E-state index in [0.29, 0.717) is 6.10 Å². The highest BCUT2D eigenvalue weighted by molar-refractivity contribution is 4.78. The highest BCUT2D eigenvalue weighted by Crippen LogP contribution is 2.27. The van der Waals surface area contributed by atoms with Crippen LogP contribution in [0, 0.1) is 5.92 Å². The Hall–Kier alpha value is -0.300. The first kappa shape index (κ1) is 10.8. The first-order valence-corrected chi connectivity index (χ1v) is 5.57. The van der Waals surface area contributed by atoms with Crippen LogP contribution in [0.2, 0.25) is 0 Å². The summed E-state index contributed by atoms with van der Waals surface area (Å²) < 4.78 is 5.74. The Bertz CT molecular complexity index is 145. The number of hydrogen-bond donors (Lipinski definition) is 0. The van der Waals surface area contributed by atoms with Crippen LogP contribution in [0.3, 0.4) is 0 Å². The van der Waals surface area contributed by atoms with E-state index in [1.807, 2.05) is 13.0 Å². The van der Waals surface area contributed by atoms with E-state index in [4.69, 9.17) is 4.74 Å². The molecule has 1 aliphatic rings. The third kappa shape index (κ3) is 3.95. The maximum absolute atomic E-state index is 5.74. The fourth-order valence-electron chi connectivity index (χ4n) is 2.04. The van der Waals surface area contributed by atoms with Crippen LogP contribution < -0.4 is 0 Å². The van der Waals surface area contributed by atoms with Crippen molar-refractivity contribution in [3.05, 3.63) is 12.2 Å². The van der Waals surface area contributed by atoms with Gasteiger partial charge in [-0.25, -0.2) is 0 Å². The Morgan fingerprint density at radius 2 is 2.00 bits per heavy atom. The zero-order valence-electron chi connectivity index (χ0n) is 8.96. The average Bonchev–Trinajstić information content (AvgIpc) is 2.19. The molecule has 1 aliphatic carbocycles. The van der Waals surface area contributed by atoms with Gasteiger partial charge in [-0.3, -0.25) is 0 Å². The summed E-state index contributed by atoms with van der Waals surface area (Å²) in [4.78, 5) is 0. The van der Waals surface area contributed by atoms with Crippen LogP contribution in [-0.2, 0) is 4.74 Å². The lowest BCUT2D eigenvalue weighted by molar-refractivity contribution is 0.0290. The molecule has 0 N–H and O–H groups in total. The number of allylic oxidation sites excluding steroid dienone is 1. The van der Waals surface area contributed by atoms with Crippen molar-refractivity contribution in [1.29, 1.82) is 0 Å². The van der Waals surface area contributed by atoms with Crippen molar-refractivity contribution in [1.82, 2.24) is 0 Å².